The van der Waals surface area contributed by atoms with E-state index in [0.29, 0.717) is 5.82 Å². The fourth-order valence-corrected chi connectivity index (χ4v) is 6.49. The second-order valence-corrected chi connectivity index (χ2v) is 11.5. The highest BCUT2D eigenvalue weighted by Crippen LogP contribution is 2.36. The minimum Gasteiger partial charge on any atom is -0.382 e. The summed E-state index contributed by atoms with van der Waals surface area (Å²) in [7, 11) is 0. The molecule has 0 bridgehead atoms. The highest BCUT2D eigenvalue weighted by molar-refractivity contribution is 5.95. The first-order chi connectivity index (χ1) is 20.2. The number of nitrogen functional groups attached to an aromatic ring is 1. The molecule has 1 aliphatic carbocycles. The first-order valence-corrected chi connectivity index (χ1v) is 14.9. The Morgan fingerprint density at radius 1 is 0.805 bits per heavy atom. The Hall–Kier alpha value is -4.45. The average Bonchev–Trinajstić information content (AvgIpc) is 3.48. The van der Waals surface area contributed by atoms with E-state index in [0.717, 1.165) is 57.7 Å². The van der Waals surface area contributed by atoms with Crippen LogP contribution in [0.15, 0.2) is 91.4 Å². The molecule has 3 heterocycles. The standard InChI is InChI=1S/C35H36N6/c36-35-34-31(28-17-18-30-23-40(39-32(30)20-28)22-27-11-6-3-7-12-27)21-33(41(34)38-24-37-35)29-14-8-13-26(19-29)16-15-25-9-4-1-2-5-10-25/h3,6-8,11-14,17-21,23-25H,1-2,4-5,9-10,15-16,22H2,(H2,36,37,38). The summed E-state index contributed by atoms with van der Waals surface area (Å²) in [5, 5.41) is 10.6. The molecule has 3 aromatic carbocycles. The van der Waals surface area contributed by atoms with E-state index < -0.39 is 0 Å². The zero-order valence-electron chi connectivity index (χ0n) is 23.4. The Morgan fingerprint density at radius 3 is 2.49 bits per heavy atom. The molecule has 7 rings (SSSR count). The van der Waals surface area contributed by atoms with Gasteiger partial charge in [0, 0.05) is 22.7 Å². The molecule has 0 amide bonds. The maximum atomic E-state index is 6.47. The molecule has 206 valence electrons. The van der Waals surface area contributed by atoms with Crippen LogP contribution < -0.4 is 5.73 Å². The molecule has 6 nitrogen and oxygen atoms in total. The average molecular weight is 541 g/mol. The molecule has 0 saturated heterocycles. The van der Waals surface area contributed by atoms with Crippen LogP contribution in [-0.4, -0.2) is 24.4 Å². The molecule has 0 radical (unpaired) electrons. The molecule has 1 fully saturated rings. The van der Waals surface area contributed by atoms with Gasteiger partial charge in [-0.3, -0.25) is 4.68 Å². The number of hydrogen-bond acceptors (Lipinski definition) is 4. The van der Waals surface area contributed by atoms with Gasteiger partial charge in [0.1, 0.15) is 11.8 Å². The fourth-order valence-electron chi connectivity index (χ4n) is 6.49. The van der Waals surface area contributed by atoms with Gasteiger partial charge in [-0.05, 0) is 53.6 Å². The predicted molar refractivity (Wildman–Crippen MR) is 167 cm³/mol. The smallest absolute Gasteiger partial charge is 0.152 e. The largest absolute Gasteiger partial charge is 0.382 e. The van der Waals surface area contributed by atoms with Gasteiger partial charge in [-0.15, -0.1) is 0 Å². The van der Waals surface area contributed by atoms with Crippen molar-refractivity contribution in [3.8, 4) is 22.4 Å². The van der Waals surface area contributed by atoms with Crippen LogP contribution in [0.3, 0.4) is 0 Å². The Morgan fingerprint density at radius 2 is 1.63 bits per heavy atom. The third-order valence-electron chi connectivity index (χ3n) is 8.67. The number of nitrogens with two attached hydrogens (primary N) is 1. The molecule has 0 atom stereocenters. The minimum absolute atomic E-state index is 0.473. The van der Waals surface area contributed by atoms with E-state index in [-0.39, 0.29) is 0 Å². The van der Waals surface area contributed by atoms with E-state index in [9.17, 15) is 0 Å². The van der Waals surface area contributed by atoms with Crippen LogP contribution in [0.5, 0.6) is 0 Å². The molecule has 0 aliphatic heterocycles. The zero-order valence-corrected chi connectivity index (χ0v) is 23.4. The lowest BCUT2D eigenvalue weighted by Gasteiger charge is -2.14. The summed E-state index contributed by atoms with van der Waals surface area (Å²) in [4.78, 5) is 4.35. The Labute approximate surface area is 240 Å². The second kappa shape index (κ2) is 11.2. The maximum absolute atomic E-state index is 6.47. The Kier molecular flexibility index (Phi) is 6.97. The summed E-state index contributed by atoms with van der Waals surface area (Å²) in [6.45, 7) is 0.738. The molecule has 6 heteroatoms. The van der Waals surface area contributed by atoms with E-state index in [1.165, 1.54) is 56.1 Å². The van der Waals surface area contributed by atoms with Crippen molar-refractivity contribution in [2.24, 2.45) is 5.92 Å². The minimum atomic E-state index is 0.473. The van der Waals surface area contributed by atoms with Crippen molar-refractivity contribution in [1.29, 1.82) is 0 Å². The van der Waals surface area contributed by atoms with Gasteiger partial charge in [0.25, 0.3) is 0 Å². The molecule has 1 saturated carbocycles. The molecular weight excluding hydrogens is 504 g/mol. The highest BCUT2D eigenvalue weighted by atomic mass is 15.3. The quantitative estimate of drug-likeness (QED) is 0.209. The second-order valence-electron chi connectivity index (χ2n) is 11.5. The number of anilines is 1. The summed E-state index contributed by atoms with van der Waals surface area (Å²) in [6, 6.07) is 28.0. The maximum Gasteiger partial charge on any atom is 0.152 e. The van der Waals surface area contributed by atoms with Crippen molar-refractivity contribution in [3.05, 3.63) is 103 Å². The summed E-state index contributed by atoms with van der Waals surface area (Å²) in [5.74, 6) is 1.33. The van der Waals surface area contributed by atoms with Gasteiger partial charge in [0.15, 0.2) is 5.82 Å². The summed E-state index contributed by atoms with van der Waals surface area (Å²) in [5.41, 5.74) is 15.1. The molecule has 1 aliphatic rings. The molecule has 41 heavy (non-hydrogen) atoms. The van der Waals surface area contributed by atoms with Gasteiger partial charge in [-0.25, -0.2) is 9.50 Å². The number of rotatable bonds is 7. The van der Waals surface area contributed by atoms with E-state index in [1.54, 1.807) is 6.33 Å². The summed E-state index contributed by atoms with van der Waals surface area (Å²) in [6.07, 6.45) is 14.4. The number of aromatic nitrogens is 5. The topological polar surface area (TPSA) is 74.0 Å². The van der Waals surface area contributed by atoms with Crippen LogP contribution in [0.4, 0.5) is 5.82 Å². The molecule has 6 aromatic rings. The lowest BCUT2D eigenvalue weighted by Crippen LogP contribution is -2.02. The normalized spacial score (nSPS) is 14.5. The first-order valence-electron chi connectivity index (χ1n) is 14.9. The molecule has 3 aromatic heterocycles. The van der Waals surface area contributed by atoms with E-state index in [2.05, 4.69) is 89.1 Å². The van der Waals surface area contributed by atoms with Gasteiger partial charge < -0.3 is 5.73 Å². The van der Waals surface area contributed by atoms with Crippen molar-refractivity contribution < 1.29 is 0 Å². The third-order valence-corrected chi connectivity index (χ3v) is 8.67. The number of aryl methyl sites for hydroxylation is 1. The fraction of sp³-hybridized carbons (Fsp3) is 0.286. The Bertz CT molecular complexity index is 1790. The van der Waals surface area contributed by atoms with Gasteiger partial charge in [0.05, 0.1) is 17.8 Å². The number of benzene rings is 3. The molecule has 0 spiro atoms. The number of fused-ring (bicyclic) bond motifs is 2. The van der Waals surface area contributed by atoms with Crippen molar-refractivity contribution in [1.82, 2.24) is 24.4 Å². The van der Waals surface area contributed by atoms with Crippen molar-refractivity contribution in [2.45, 2.75) is 57.9 Å². The van der Waals surface area contributed by atoms with Gasteiger partial charge in [-0.2, -0.15) is 10.2 Å². The predicted octanol–water partition coefficient (Wildman–Crippen LogP) is 7.95. The van der Waals surface area contributed by atoms with Crippen molar-refractivity contribution in [2.75, 3.05) is 5.73 Å². The van der Waals surface area contributed by atoms with Crippen LogP contribution in [0.1, 0.15) is 56.1 Å². The highest BCUT2D eigenvalue weighted by Gasteiger charge is 2.18. The molecule has 0 unspecified atom stereocenters. The van der Waals surface area contributed by atoms with Crippen LogP contribution >= 0.6 is 0 Å². The van der Waals surface area contributed by atoms with Gasteiger partial charge in [-0.1, -0.05) is 99.2 Å². The van der Waals surface area contributed by atoms with E-state index in [4.69, 9.17) is 10.8 Å². The summed E-state index contributed by atoms with van der Waals surface area (Å²) >= 11 is 0. The number of nitrogens with zero attached hydrogens (tertiary/aromatic N) is 5. The lowest BCUT2D eigenvalue weighted by molar-refractivity contribution is 0.428. The zero-order chi connectivity index (χ0) is 27.6. The van der Waals surface area contributed by atoms with E-state index in [1.807, 2.05) is 15.3 Å². The lowest BCUT2D eigenvalue weighted by atomic mass is 9.92. The van der Waals surface area contributed by atoms with Crippen LogP contribution in [0.25, 0.3) is 38.8 Å². The van der Waals surface area contributed by atoms with Gasteiger partial charge in [0.2, 0.25) is 0 Å². The van der Waals surface area contributed by atoms with Gasteiger partial charge >= 0.3 is 0 Å². The summed E-state index contributed by atoms with van der Waals surface area (Å²) < 4.78 is 3.95. The Balaban J connectivity index is 1.22. The van der Waals surface area contributed by atoms with Crippen molar-refractivity contribution in [3.63, 3.8) is 0 Å². The first kappa shape index (κ1) is 25.5. The van der Waals surface area contributed by atoms with Crippen LogP contribution in [0, 0.1) is 5.92 Å². The monoisotopic (exact) mass is 540 g/mol. The van der Waals surface area contributed by atoms with Crippen LogP contribution in [-0.2, 0) is 13.0 Å². The molecular formula is C35H36N6. The van der Waals surface area contributed by atoms with Crippen LogP contribution in [0.2, 0.25) is 0 Å². The molecule has 2 N–H and O–H groups in total. The van der Waals surface area contributed by atoms with E-state index >= 15 is 0 Å². The SMILES string of the molecule is Nc1ncnn2c(-c3cccc(CCC4CCCCCC4)c3)cc(-c3ccc4cn(Cc5ccccc5)nc4c3)c12. The van der Waals surface area contributed by atoms with Crippen molar-refractivity contribution >= 4 is 22.2 Å². The number of hydrogen-bond donors (Lipinski definition) is 1. The third kappa shape index (κ3) is 5.34.